The third kappa shape index (κ3) is 4.32. The van der Waals surface area contributed by atoms with E-state index in [2.05, 4.69) is 10.2 Å². The molecule has 0 saturated carbocycles. The second-order valence-electron chi connectivity index (χ2n) is 7.51. The predicted octanol–water partition coefficient (Wildman–Crippen LogP) is 2.47. The summed E-state index contributed by atoms with van der Waals surface area (Å²) in [6.07, 6.45) is 0.276. The Morgan fingerprint density at radius 1 is 1.07 bits per heavy atom. The van der Waals surface area contributed by atoms with Gasteiger partial charge in [-0.2, -0.15) is 0 Å². The number of urea groups is 1. The molecule has 1 atom stereocenters. The molecule has 30 heavy (non-hydrogen) atoms. The zero-order valence-corrected chi connectivity index (χ0v) is 16.9. The van der Waals surface area contributed by atoms with E-state index in [9.17, 15) is 14.0 Å². The first-order valence-electron chi connectivity index (χ1n) is 10.0. The molecule has 0 spiro atoms. The largest absolute Gasteiger partial charge is 0.497 e. The van der Waals surface area contributed by atoms with Crippen LogP contribution in [0.5, 0.6) is 5.75 Å². The highest BCUT2D eigenvalue weighted by molar-refractivity contribution is 5.97. The molecule has 2 aliphatic rings. The van der Waals surface area contributed by atoms with Gasteiger partial charge in [0.2, 0.25) is 5.91 Å². The quantitative estimate of drug-likeness (QED) is 0.838. The molecule has 2 saturated heterocycles. The molecule has 0 bridgehead atoms. The molecule has 0 aliphatic carbocycles. The van der Waals surface area contributed by atoms with Crippen LogP contribution in [0.1, 0.15) is 6.42 Å². The fraction of sp³-hybridized carbons (Fsp3) is 0.364. The number of ether oxygens (including phenoxy) is 1. The monoisotopic (exact) mass is 412 g/mol. The molecular formula is C22H25FN4O3. The number of carbonyl (C=O) groups excluding carboxylic acids is 2. The van der Waals surface area contributed by atoms with E-state index in [0.717, 1.165) is 11.4 Å². The van der Waals surface area contributed by atoms with Crippen molar-refractivity contribution in [3.05, 3.63) is 54.3 Å². The van der Waals surface area contributed by atoms with Gasteiger partial charge in [0.15, 0.2) is 0 Å². The summed E-state index contributed by atoms with van der Waals surface area (Å²) < 4.78 is 18.3. The van der Waals surface area contributed by atoms with Crippen LogP contribution in [-0.4, -0.2) is 62.7 Å². The van der Waals surface area contributed by atoms with E-state index in [4.69, 9.17) is 4.74 Å². The van der Waals surface area contributed by atoms with Gasteiger partial charge in [-0.3, -0.25) is 4.79 Å². The number of rotatable bonds is 4. The van der Waals surface area contributed by atoms with Crippen molar-refractivity contribution in [2.45, 2.75) is 12.5 Å². The molecule has 158 valence electrons. The van der Waals surface area contributed by atoms with Gasteiger partial charge >= 0.3 is 6.03 Å². The van der Waals surface area contributed by atoms with Crippen molar-refractivity contribution >= 4 is 23.3 Å². The summed E-state index contributed by atoms with van der Waals surface area (Å²) in [5.41, 5.74) is 1.72. The van der Waals surface area contributed by atoms with E-state index in [0.29, 0.717) is 38.5 Å². The van der Waals surface area contributed by atoms with E-state index in [-0.39, 0.29) is 30.2 Å². The zero-order chi connectivity index (χ0) is 21.1. The number of nitrogens with zero attached hydrogens (tertiary/aromatic N) is 3. The number of amides is 3. The average Bonchev–Trinajstić information content (AvgIpc) is 3.14. The molecule has 2 heterocycles. The molecule has 2 aromatic rings. The summed E-state index contributed by atoms with van der Waals surface area (Å²) in [6.45, 7) is 2.94. The van der Waals surface area contributed by atoms with Crippen LogP contribution in [0.4, 0.5) is 20.6 Å². The Balaban J connectivity index is 1.30. The van der Waals surface area contributed by atoms with Crippen LogP contribution in [0.15, 0.2) is 48.5 Å². The lowest BCUT2D eigenvalue weighted by Gasteiger charge is -2.36. The number of hydrogen-bond acceptors (Lipinski definition) is 4. The van der Waals surface area contributed by atoms with Crippen LogP contribution in [0.2, 0.25) is 0 Å². The van der Waals surface area contributed by atoms with Crippen molar-refractivity contribution in [2.24, 2.45) is 0 Å². The number of benzene rings is 2. The number of nitrogens with one attached hydrogen (secondary N) is 1. The lowest BCUT2D eigenvalue weighted by molar-refractivity contribution is -0.117. The normalized spacial score (nSPS) is 19.2. The molecule has 2 aliphatic heterocycles. The van der Waals surface area contributed by atoms with Gasteiger partial charge in [0.25, 0.3) is 0 Å². The first-order valence-corrected chi connectivity index (χ1v) is 10.0. The summed E-state index contributed by atoms with van der Waals surface area (Å²) in [5.74, 6) is 0.410. The number of halogens is 1. The fourth-order valence-electron chi connectivity index (χ4n) is 3.92. The van der Waals surface area contributed by atoms with E-state index in [1.807, 2.05) is 24.3 Å². The molecule has 3 amide bonds. The van der Waals surface area contributed by atoms with Crippen molar-refractivity contribution < 1.29 is 18.7 Å². The summed E-state index contributed by atoms with van der Waals surface area (Å²) in [4.78, 5) is 30.7. The van der Waals surface area contributed by atoms with E-state index < -0.39 is 0 Å². The standard InChI is InChI=1S/C22H25FN4O3/c1-30-20-4-2-3-19(14-20)27-15-17(13-21(27)28)24-22(29)26-11-9-25(10-12-26)18-7-5-16(23)6-8-18/h2-8,14,17H,9-13,15H2,1H3,(H,24,29)/t17-/m1/s1. The van der Waals surface area contributed by atoms with Crippen LogP contribution in [-0.2, 0) is 4.79 Å². The first kappa shape index (κ1) is 20.0. The van der Waals surface area contributed by atoms with E-state index in [1.54, 1.807) is 29.0 Å². The average molecular weight is 412 g/mol. The SMILES string of the molecule is COc1cccc(N2C[C@H](NC(=O)N3CCN(c4ccc(F)cc4)CC3)CC2=O)c1. The van der Waals surface area contributed by atoms with Gasteiger partial charge in [-0.25, -0.2) is 9.18 Å². The minimum atomic E-state index is -0.258. The molecule has 8 heteroatoms. The number of anilines is 2. The highest BCUT2D eigenvalue weighted by Crippen LogP contribution is 2.25. The smallest absolute Gasteiger partial charge is 0.317 e. The first-order chi connectivity index (χ1) is 14.5. The van der Waals surface area contributed by atoms with Crippen LogP contribution in [0.3, 0.4) is 0 Å². The van der Waals surface area contributed by atoms with Crippen molar-refractivity contribution in [3.63, 3.8) is 0 Å². The summed E-state index contributed by atoms with van der Waals surface area (Å²) >= 11 is 0. The second-order valence-corrected chi connectivity index (χ2v) is 7.51. The number of methoxy groups -OCH3 is 1. The van der Waals surface area contributed by atoms with Crippen LogP contribution >= 0.6 is 0 Å². The molecule has 2 aromatic carbocycles. The predicted molar refractivity (Wildman–Crippen MR) is 112 cm³/mol. The molecule has 4 rings (SSSR count). The minimum Gasteiger partial charge on any atom is -0.497 e. The number of piperazine rings is 1. The van der Waals surface area contributed by atoms with Crippen molar-refractivity contribution in [3.8, 4) is 5.75 Å². The Morgan fingerprint density at radius 3 is 2.50 bits per heavy atom. The van der Waals surface area contributed by atoms with Gasteiger partial charge in [0, 0.05) is 56.6 Å². The van der Waals surface area contributed by atoms with Gasteiger partial charge in [0.05, 0.1) is 13.2 Å². The summed E-state index contributed by atoms with van der Waals surface area (Å²) in [5, 5.41) is 2.99. The maximum atomic E-state index is 13.1. The maximum Gasteiger partial charge on any atom is 0.317 e. The highest BCUT2D eigenvalue weighted by Gasteiger charge is 2.33. The van der Waals surface area contributed by atoms with E-state index >= 15 is 0 Å². The molecule has 0 aromatic heterocycles. The van der Waals surface area contributed by atoms with Gasteiger partial charge in [-0.1, -0.05) is 6.07 Å². The topological polar surface area (TPSA) is 65.1 Å². The summed E-state index contributed by atoms with van der Waals surface area (Å²) in [6, 6.07) is 13.4. The maximum absolute atomic E-state index is 13.1. The minimum absolute atomic E-state index is 0.0188. The molecule has 1 N–H and O–H groups in total. The Labute approximate surface area is 175 Å². The van der Waals surface area contributed by atoms with Crippen LogP contribution in [0.25, 0.3) is 0 Å². The third-order valence-corrected chi connectivity index (χ3v) is 5.58. The lowest BCUT2D eigenvalue weighted by Crippen LogP contribution is -2.53. The molecular weight excluding hydrogens is 387 g/mol. The van der Waals surface area contributed by atoms with Crippen molar-refractivity contribution in [1.29, 1.82) is 0 Å². The highest BCUT2D eigenvalue weighted by atomic mass is 19.1. The Hall–Kier alpha value is -3.29. The van der Waals surface area contributed by atoms with Gasteiger partial charge in [0.1, 0.15) is 11.6 Å². The van der Waals surface area contributed by atoms with E-state index in [1.165, 1.54) is 12.1 Å². The lowest BCUT2D eigenvalue weighted by atomic mass is 10.2. The zero-order valence-electron chi connectivity index (χ0n) is 16.9. The Morgan fingerprint density at radius 2 is 1.80 bits per heavy atom. The van der Waals surface area contributed by atoms with Crippen molar-refractivity contribution in [1.82, 2.24) is 10.2 Å². The molecule has 7 nitrogen and oxygen atoms in total. The third-order valence-electron chi connectivity index (χ3n) is 5.58. The fourth-order valence-corrected chi connectivity index (χ4v) is 3.92. The Bertz CT molecular complexity index is 913. The molecule has 0 unspecified atom stereocenters. The summed E-state index contributed by atoms with van der Waals surface area (Å²) in [7, 11) is 1.59. The van der Waals surface area contributed by atoms with Crippen molar-refractivity contribution in [2.75, 3.05) is 49.6 Å². The van der Waals surface area contributed by atoms with Gasteiger partial charge in [-0.05, 0) is 36.4 Å². The number of hydrogen-bond donors (Lipinski definition) is 1. The van der Waals surface area contributed by atoms with Crippen LogP contribution in [0, 0.1) is 5.82 Å². The number of carbonyl (C=O) groups is 2. The molecule has 0 radical (unpaired) electrons. The van der Waals surface area contributed by atoms with Crippen LogP contribution < -0.4 is 19.9 Å². The second kappa shape index (κ2) is 8.61. The van der Waals surface area contributed by atoms with Gasteiger partial charge in [-0.15, -0.1) is 0 Å². The molecule has 2 fully saturated rings. The van der Waals surface area contributed by atoms with Gasteiger partial charge < -0.3 is 24.8 Å². The Kier molecular flexibility index (Phi) is 5.74.